The minimum atomic E-state index is -0.429. The van der Waals surface area contributed by atoms with Crippen LogP contribution in [0.4, 0.5) is 5.82 Å². The molecule has 1 fully saturated rings. The molecule has 1 aromatic carbocycles. The zero-order chi connectivity index (χ0) is 20.5. The first-order valence-electron chi connectivity index (χ1n) is 10.0. The third-order valence-electron chi connectivity index (χ3n) is 6.01. The highest BCUT2D eigenvalue weighted by atomic mass is 16.5. The molecule has 1 aliphatic heterocycles. The van der Waals surface area contributed by atoms with Crippen molar-refractivity contribution in [3.8, 4) is 17.2 Å². The molecule has 29 heavy (non-hydrogen) atoms. The lowest BCUT2D eigenvalue weighted by Gasteiger charge is -2.29. The van der Waals surface area contributed by atoms with Crippen LogP contribution in [0.2, 0.25) is 0 Å². The number of methoxy groups -OCH3 is 3. The van der Waals surface area contributed by atoms with Gasteiger partial charge in [-0.15, -0.1) is 0 Å². The summed E-state index contributed by atoms with van der Waals surface area (Å²) < 4.78 is 18.3. The summed E-state index contributed by atoms with van der Waals surface area (Å²) in [5.41, 5.74) is 1.13. The van der Waals surface area contributed by atoms with Gasteiger partial charge in [0.1, 0.15) is 5.82 Å². The van der Waals surface area contributed by atoms with E-state index in [-0.39, 0.29) is 23.9 Å². The van der Waals surface area contributed by atoms with E-state index < -0.39 is 5.92 Å². The third kappa shape index (κ3) is 3.26. The number of anilines is 1. The number of hydrogen-bond acceptors (Lipinski definition) is 5. The van der Waals surface area contributed by atoms with Crippen LogP contribution in [0.3, 0.4) is 0 Å². The number of H-pyrrole nitrogens is 1. The summed E-state index contributed by atoms with van der Waals surface area (Å²) in [4.78, 5) is 25.6. The molecule has 2 aliphatic rings. The topological polar surface area (TPSA) is 94.6 Å². The van der Waals surface area contributed by atoms with Gasteiger partial charge >= 0.3 is 0 Å². The maximum Gasteiger partial charge on any atom is 0.270 e. The van der Waals surface area contributed by atoms with Crippen LogP contribution >= 0.6 is 0 Å². The highest BCUT2D eigenvalue weighted by Gasteiger charge is 2.36. The van der Waals surface area contributed by atoms with E-state index in [0.717, 1.165) is 31.2 Å². The molecule has 0 saturated heterocycles. The maximum absolute atomic E-state index is 13.0. The van der Waals surface area contributed by atoms with E-state index in [0.29, 0.717) is 28.6 Å². The lowest BCUT2D eigenvalue weighted by molar-refractivity contribution is -0.116. The van der Waals surface area contributed by atoms with Crippen LogP contribution in [0.25, 0.3) is 0 Å². The van der Waals surface area contributed by atoms with Crippen molar-refractivity contribution in [1.29, 1.82) is 0 Å². The summed E-state index contributed by atoms with van der Waals surface area (Å²) >= 11 is 0. The molecule has 0 radical (unpaired) electrons. The largest absolute Gasteiger partial charge is 0.493 e. The van der Waals surface area contributed by atoms with Gasteiger partial charge in [-0.25, -0.2) is 0 Å². The number of carbonyl (C=O) groups is 1. The molecule has 1 amide bonds. The van der Waals surface area contributed by atoms with Crippen LogP contribution in [-0.2, 0) is 4.79 Å². The molecule has 8 heteroatoms. The Hall–Kier alpha value is -2.90. The van der Waals surface area contributed by atoms with Crippen molar-refractivity contribution < 1.29 is 19.0 Å². The van der Waals surface area contributed by atoms with Gasteiger partial charge in [-0.2, -0.15) is 0 Å². The summed E-state index contributed by atoms with van der Waals surface area (Å²) in [5, 5.41) is 5.91. The average molecular weight is 401 g/mol. The van der Waals surface area contributed by atoms with Crippen molar-refractivity contribution in [2.45, 2.75) is 50.5 Å². The Bertz CT molecular complexity index is 971. The molecule has 2 heterocycles. The van der Waals surface area contributed by atoms with Gasteiger partial charge in [0.2, 0.25) is 11.7 Å². The Morgan fingerprint density at radius 1 is 0.966 bits per heavy atom. The van der Waals surface area contributed by atoms with Gasteiger partial charge in [-0.3, -0.25) is 19.4 Å². The van der Waals surface area contributed by atoms with Crippen LogP contribution in [0, 0.1) is 0 Å². The van der Waals surface area contributed by atoms with Crippen molar-refractivity contribution in [3.05, 3.63) is 33.6 Å². The fourth-order valence-corrected chi connectivity index (χ4v) is 4.66. The first kappa shape index (κ1) is 19.4. The second-order valence-electron chi connectivity index (χ2n) is 7.59. The predicted octanol–water partition coefficient (Wildman–Crippen LogP) is 3.18. The molecule has 0 spiro atoms. The van der Waals surface area contributed by atoms with E-state index in [2.05, 4.69) is 10.4 Å². The highest BCUT2D eigenvalue weighted by Crippen LogP contribution is 2.47. The molecule has 156 valence electrons. The second-order valence-corrected chi connectivity index (χ2v) is 7.59. The Kier molecular flexibility index (Phi) is 5.25. The van der Waals surface area contributed by atoms with Gasteiger partial charge in [0, 0.05) is 17.9 Å². The predicted molar refractivity (Wildman–Crippen MR) is 108 cm³/mol. The van der Waals surface area contributed by atoms with E-state index in [9.17, 15) is 9.59 Å². The molecule has 1 atom stereocenters. The molecule has 0 bridgehead atoms. The third-order valence-corrected chi connectivity index (χ3v) is 6.01. The first-order valence-corrected chi connectivity index (χ1v) is 10.0. The molecule has 1 aliphatic carbocycles. The molecule has 8 nitrogen and oxygen atoms in total. The summed E-state index contributed by atoms with van der Waals surface area (Å²) in [6, 6.07) is 3.81. The van der Waals surface area contributed by atoms with Crippen LogP contribution in [-0.4, -0.2) is 37.0 Å². The lowest BCUT2D eigenvalue weighted by atomic mass is 9.86. The maximum atomic E-state index is 13.0. The highest BCUT2D eigenvalue weighted by molar-refractivity contribution is 5.94. The summed E-state index contributed by atoms with van der Waals surface area (Å²) in [5.74, 6) is 1.48. The normalized spacial score (nSPS) is 19.4. The molecular formula is C21H27N3O5. The quantitative estimate of drug-likeness (QED) is 0.802. The number of nitrogens with zero attached hydrogens (tertiary/aromatic N) is 1. The van der Waals surface area contributed by atoms with E-state index in [1.165, 1.54) is 13.5 Å². The van der Waals surface area contributed by atoms with E-state index >= 15 is 0 Å². The summed E-state index contributed by atoms with van der Waals surface area (Å²) in [6.45, 7) is 0. The fourth-order valence-electron chi connectivity index (χ4n) is 4.66. The van der Waals surface area contributed by atoms with Gasteiger partial charge in [0.05, 0.1) is 32.9 Å². The summed E-state index contributed by atoms with van der Waals surface area (Å²) in [7, 11) is 4.63. The number of aromatic amines is 1. The second kappa shape index (κ2) is 7.85. The standard InChI is InChI=1S/C21H27N3O5/c1-27-15-10-9-13(18(28-2)19(15)29-3)14-11-16(25)22-20-17(14)21(26)23-24(20)12-7-5-4-6-8-12/h9-10,12,14H,4-8,11H2,1-3H3,(H,22,25)(H,23,26)/t14-/m0/s1. The zero-order valence-electron chi connectivity index (χ0n) is 17.0. The van der Waals surface area contributed by atoms with Gasteiger partial charge < -0.3 is 19.5 Å². The Morgan fingerprint density at radius 3 is 2.34 bits per heavy atom. The van der Waals surface area contributed by atoms with Gasteiger partial charge in [0.25, 0.3) is 5.56 Å². The molecule has 4 rings (SSSR count). The Morgan fingerprint density at radius 2 is 1.69 bits per heavy atom. The molecule has 2 aromatic rings. The van der Waals surface area contributed by atoms with Gasteiger partial charge in [-0.1, -0.05) is 25.3 Å². The number of fused-ring (bicyclic) bond motifs is 1. The molecule has 0 unspecified atom stereocenters. The lowest BCUT2D eigenvalue weighted by Crippen LogP contribution is -2.28. The average Bonchev–Trinajstić information content (AvgIpc) is 3.08. The molecular weight excluding hydrogens is 374 g/mol. The van der Waals surface area contributed by atoms with E-state index in [1.807, 2.05) is 10.7 Å². The number of hydrogen-bond donors (Lipinski definition) is 2. The van der Waals surface area contributed by atoms with Gasteiger partial charge in [-0.05, 0) is 18.9 Å². The number of rotatable bonds is 5. The number of ether oxygens (including phenoxy) is 3. The van der Waals surface area contributed by atoms with Crippen molar-refractivity contribution in [2.24, 2.45) is 0 Å². The van der Waals surface area contributed by atoms with Crippen molar-refractivity contribution in [2.75, 3.05) is 26.6 Å². The zero-order valence-corrected chi connectivity index (χ0v) is 17.0. The first-order chi connectivity index (χ1) is 14.1. The fraction of sp³-hybridized carbons (Fsp3) is 0.524. The minimum absolute atomic E-state index is 0.122. The van der Waals surface area contributed by atoms with Crippen molar-refractivity contribution in [3.63, 3.8) is 0 Å². The monoisotopic (exact) mass is 401 g/mol. The molecule has 2 N–H and O–H groups in total. The number of amides is 1. The Labute approximate surface area is 169 Å². The minimum Gasteiger partial charge on any atom is -0.493 e. The molecule has 1 saturated carbocycles. The van der Waals surface area contributed by atoms with E-state index in [4.69, 9.17) is 14.2 Å². The molecule has 1 aromatic heterocycles. The van der Waals surface area contributed by atoms with Crippen LogP contribution in [0.1, 0.15) is 61.6 Å². The van der Waals surface area contributed by atoms with Crippen LogP contribution in [0.15, 0.2) is 16.9 Å². The van der Waals surface area contributed by atoms with Crippen molar-refractivity contribution in [1.82, 2.24) is 9.78 Å². The SMILES string of the molecule is COc1ccc([C@@H]2CC(=O)Nc3c2c(=O)[nH]n3C2CCCCC2)c(OC)c1OC. The number of aromatic nitrogens is 2. The van der Waals surface area contributed by atoms with E-state index in [1.54, 1.807) is 20.3 Å². The van der Waals surface area contributed by atoms with Crippen LogP contribution < -0.4 is 25.1 Å². The van der Waals surface area contributed by atoms with Crippen molar-refractivity contribution >= 4 is 11.7 Å². The Balaban J connectivity index is 1.85. The number of benzene rings is 1. The number of nitrogens with one attached hydrogen (secondary N) is 2. The summed E-state index contributed by atoms with van der Waals surface area (Å²) in [6.07, 6.45) is 5.62. The number of carbonyl (C=O) groups excluding carboxylic acids is 1. The smallest absolute Gasteiger partial charge is 0.270 e. The van der Waals surface area contributed by atoms with Crippen LogP contribution in [0.5, 0.6) is 17.2 Å². The van der Waals surface area contributed by atoms with Gasteiger partial charge in [0.15, 0.2) is 11.5 Å².